The van der Waals surface area contributed by atoms with Gasteiger partial charge < -0.3 is 19.5 Å². The first kappa shape index (κ1) is 19.8. The molecule has 0 aliphatic carbocycles. The van der Waals surface area contributed by atoms with Crippen molar-refractivity contribution in [2.45, 2.75) is 6.92 Å². The lowest BCUT2D eigenvalue weighted by Crippen LogP contribution is -2.20. The van der Waals surface area contributed by atoms with Gasteiger partial charge in [-0.25, -0.2) is 5.43 Å². The molecule has 142 valence electrons. The van der Waals surface area contributed by atoms with E-state index in [1.807, 2.05) is 6.07 Å². The zero-order valence-electron chi connectivity index (χ0n) is 15.3. The van der Waals surface area contributed by atoms with Crippen LogP contribution >= 0.6 is 0 Å². The first-order chi connectivity index (χ1) is 13.0. The number of methoxy groups -OCH3 is 2. The van der Waals surface area contributed by atoms with Crippen LogP contribution in [-0.2, 0) is 9.59 Å². The molecule has 27 heavy (non-hydrogen) atoms. The summed E-state index contributed by atoms with van der Waals surface area (Å²) in [5.74, 6) is 0.805. The number of nitrogens with zero attached hydrogens (tertiary/aromatic N) is 1. The van der Waals surface area contributed by atoms with Gasteiger partial charge in [0.1, 0.15) is 5.75 Å². The lowest BCUT2D eigenvalue weighted by atomic mass is 10.2. The van der Waals surface area contributed by atoms with Gasteiger partial charge in [-0.1, -0.05) is 12.1 Å². The molecule has 2 aromatic rings. The van der Waals surface area contributed by atoms with Gasteiger partial charge in [0.2, 0.25) is 5.91 Å². The Balaban J connectivity index is 1.99. The second kappa shape index (κ2) is 9.81. The van der Waals surface area contributed by atoms with Crippen molar-refractivity contribution in [3.63, 3.8) is 0 Å². The minimum Gasteiger partial charge on any atom is -0.495 e. The topological polar surface area (TPSA) is 98.3 Å². The van der Waals surface area contributed by atoms with Crippen LogP contribution in [0.4, 0.5) is 5.69 Å². The Morgan fingerprint density at radius 3 is 2.48 bits per heavy atom. The van der Waals surface area contributed by atoms with E-state index in [0.717, 1.165) is 0 Å². The maximum Gasteiger partial charge on any atom is 0.262 e. The molecule has 0 heterocycles. The zero-order chi connectivity index (χ0) is 19.6. The number of hydrogen-bond donors (Lipinski definition) is 2. The number of amides is 2. The first-order valence-electron chi connectivity index (χ1n) is 8.07. The van der Waals surface area contributed by atoms with E-state index >= 15 is 0 Å². The number of hydrazone groups is 1. The predicted octanol–water partition coefficient (Wildman–Crippen LogP) is 2.19. The number of carbonyl (C=O) groups is 2. The fourth-order valence-corrected chi connectivity index (χ4v) is 2.16. The van der Waals surface area contributed by atoms with Crippen molar-refractivity contribution < 1.29 is 23.8 Å². The molecule has 0 aromatic heterocycles. The molecule has 0 aliphatic heterocycles. The molecule has 2 rings (SSSR count). The van der Waals surface area contributed by atoms with Crippen LogP contribution in [0.25, 0.3) is 0 Å². The minimum atomic E-state index is -0.335. The van der Waals surface area contributed by atoms with Gasteiger partial charge in [-0.3, -0.25) is 9.59 Å². The second-order valence-electron chi connectivity index (χ2n) is 5.37. The third-order valence-corrected chi connectivity index (χ3v) is 3.36. The fourth-order valence-electron chi connectivity index (χ4n) is 2.16. The van der Waals surface area contributed by atoms with Crippen LogP contribution in [0, 0.1) is 0 Å². The average molecular weight is 371 g/mol. The molecule has 8 nitrogen and oxygen atoms in total. The van der Waals surface area contributed by atoms with Crippen molar-refractivity contribution >= 4 is 23.7 Å². The summed E-state index contributed by atoms with van der Waals surface area (Å²) in [6, 6.07) is 12.2. The van der Waals surface area contributed by atoms with E-state index in [9.17, 15) is 9.59 Å². The Hall–Kier alpha value is -3.55. The second-order valence-corrected chi connectivity index (χ2v) is 5.37. The van der Waals surface area contributed by atoms with Crippen molar-refractivity contribution in [2.75, 3.05) is 26.1 Å². The summed E-state index contributed by atoms with van der Waals surface area (Å²) in [5, 5.41) is 6.51. The molecule has 0 unspecified atom stereocenters. The molecule has 2 N–H and O–H groups in total. The quantitative estimate of drug-likeness (QED) is 0.547. The Labute approximate surface area is 157 Å². The molecule has 0 aliphatic rings. The lowest BCUT2D eigenvalue weighted by molar-refractivity contribution is -0.119. The molecule has 0 spiro atoms. The normalized spacial score (nSPS) is 10.3. The van der Waals surface area contributed by atoms with Crippen molar-refractivity contribution in [3.8, 4) is 17.2 Å². The van der Waals surface area contributed by atoms with Crippen molar-refractivity contribution in [2.24, 2.45) is 5.10 Å². The highest BCUT2D eigenvalue weighted by atomic mass is 16.5. The minimum absolute atomic E-state index is 0.201. The highest BCUT2D eigenvalue weighted by molar-refractivity contribution is 5.93. The van der Waals surface area contributed by atoms with Crippen LogP contribution in [0.1, 0.15) is 12.5 Å². The van der Waals surface area contributed by atoms with E-state index in [1.165, 1.54) is 27.4 Å². The molecule has 2 aromatic carbocycles. The molecule has 0 radical (unpaired) electrons. The highest BCUT2D eigenvalue weighted by Gasteiger charge is 2.10. The van der Waals surface area contributed by atoms with E-state index in [4.69, 9.17) is 14.2 Å². The van der Waals surface area contributed by atoms with Crippen molar-refractivity contribution in [1.82, 2.24) is 5.43 Å². The first-order valence-corrected chi connectivity index (χ1v) is 8.07. The molecule has 0 fully saturated rings. The molecule has 0 saturated heterocycles. The van der Waals surface area contributed by atoms with Crippen molar-refractivity contribution in [3.05, 3.63) is 48.0 Å². The Bertz CT molecular complexity index is 836. The summed E-state index contributed by atoms with van der Waals surface area (Å²) >= 11 is 0. The number of hydrogen-bond acceptors (Lipinski definition) is 6. The Kier molecular flexibility index (Phi) is 7.18. The molecule has 0 saturated carbocycles. The summed E-state index contributed by atoms with van der Waals surface area (Å²) in [4.78, 5) is 22.9. The summed E-state index contributed by atoms with van der Waals surface area (Å²) in [7, 11) is 3.02. The maximum atomic E-state index is 12.1. The molecule has 0 bridgehead atoms. The van der Waals surface area contributed by atoms with E-state index < -0.39 is 0 Å². The Morgan fingerprint density at radius 1 is 1.04 bits per heavy atom. The van der Waals surface area contributed by atoms with Crippen LogP contribution < -0.4 is 25.0 Å². The van der Waals surface area contributed by atoms with Gasteiger partial charge in [0.05, 0.1) is 26.1 Å². The smallest absolute Gasteiger partial charge is 0.262 e. The van der Waals surface area contributed by atoms with Crippen LogP contribution in [-0.4, -0.2) is 38.9 Å². The molecular weight excluding hydrogens is 350 g/mol. The SMILES string of the molecule is COc1ccccc1NC(=O)COc1ccc(/C=N\NC(C)=O)cc1OC. The van der Waals surface area contributed by atoms with E-state index in [1.54, 1.807) is 36.4 Å². The van der Waals surface area contributed by atoms with Gasteiger partial charge in [0.25, 0.3) is 5.91 Å². The highest BCUT2D eigenvalue weighted by Crippen LogP contribution is 2.28. The molecular formula is C19H21N3O5. The van der Waals surface area contributed by atoms with Gasteiger partial charge in [-0.15, -0.1) is 0 Å². The summed E-state index contributed by atoms with van der Waals surface area (Å²) in [6.07, 6.45) is 1.47. The summed E-state index contributed by atoms with van der Waals surface area (Å²) in [5.41, 5.74) is 3.57. The number of rotatable bonds is 8. The van der Waals surface area contributed by atoms with Gasteiger partial charge in [-0.05, 0) is 35.9 Å². The maximum absolute atomic E-state index is 12.1. The van der Waals surface area contributed by atoms with Crippen LogP contribution in [0.3, 0.4) is 0 Å². The summed E-state index contributed by atoms with van der Waals surface area (Å²) < 4.78 is 16.0. The number of para-hydroxylation sites is 2. The number of benzene rings is 2. The van der Waals surface area contributed by atoms with E-state index in [0.29, 0.717) is 28.5 Å². The van der Waals surface area contributed by atoms with Crippen molar-refractivity contribution in [1.29, 1.82) is 0 Å². The number of carbonyl (C=O) groups excluding carboxylic acids is 2. The number of ether oxygens (including phenoxy) is 3. The molecule has 8 heteroatoms. The van der Waals surface area contributed by atoms with Gasteiger partial charge >= 0.3 is 0 Å². The largest absolute Gasteiger partial charge is 0.495 e. The van der Waals surface area contributed by atoms with Crippen LogP contribution in [0.5, 0.6) is 17.2 Å². The van der Waals surface area contributed by atoms with E-state index in [2.05, 4.69) is 15.8 Å². The monoisotopic (exact) mass is 371 g/mol. The third kappa shape index (κ3) is 6.03. The fraction of sp³-hybridized carbons (Fsp3) is 0.211. The van der Waals surface area contributed by atoms with Crippen LogP contribution in [0.2, 0.25) is 0 Å². The lowest BCUT2D eigenvalue weighted by Gasteiger charge is -2.12. The molecule has 2 amide bonds. The Morgan fingerprint density at radius 2 is 1.78 bits per heavy atom. The van der Waals surface area contributed by atoms with Gasteiger partial charge in [0, 0.05) is 6.92 Å². The van der Waals surface area contributed by atoms with Gasteiger partial charge in [0.15, 0.2) is 18.1 Å². The third-order valence-electron chi connectivity index (χ3n) is 3.36. The molecule has 0 atom stereocenters. The average Bonchev–Trinajstić information content (AvgIpc) is 2.67. The standard InChI is InChI=1S/C19H21N3O5/c1-13(23)22-20-11-14-8-9-17(18(10-14)26-3)27-12-19(24)21-15-6-4-5-7-16(15)25-2/h4-11H,12H2,1-3H3,(H,21,24)(H,22,23)/b20-11-. The predicted molar refractivity (Wildman–Crippen MR) is 102 cm³/mol. The van der Waals surface area contributed by atoms with E-state index in [-0.39, 0.29) is 18.4 Å². The van der Waals surface area contributed by atoms with Gasteiger partial charge in [-0.2, -0.15) is 5.10 Å². The summed E-state index contributed by atoms with van der Waals surface area (Å²) in [6.45, 7) is 1.17. The van der Waals surface area contributed by atoms with Crippen LogP contribution in [0.15, 0.2) is 47.6 Å². The number of anilines is 1. The zero-order valence-corrected chi connectivity index (χ0v) is 15.3. The number of nitrogens with one attached hydrogen (secondary N) is 2.